The molecule has 0 rings (SSSR count). The van der Waals surface area contributed by atoms with E-state index in [1.54, 1.807) is 0 Å². The van der Waals surface area contributed by atoms with E-state index in [1.807, 2.05) is 0 Å². The number of hydrogen-bond donors (Lipinski definition) is 3. The fourth-order valence-electron chi connectivity index (χ4n) is 11.2. The molecule has 0 saturated carbocycles. The first-order valence-electron chi connectivity index (χ1n) is 38.2. The fourth-order valence-corrected chi connectivity index (χ4v) is 12.7. The van der Waals surface area contributed by atoms with Crippen LogP contribution in [-0.2, 0) is 65.4 Å². The number of aliphatic hydroxyl groups is 1. The Hall–Kier alpha value is -1.94. The van der Waals surface area contributed by atoms with Gasteiger partial charge in [-0.2, -0.15) is 0 Å². The third-order valence-corrected chi connectivity index (χ3v) is 19.3. The second-order valence-electron chi connectivity index (χ2n) is 28.4. The molecule has 93 heavy (non-hydrogen) atoms. The van der Waals surface area contributed by atoms with Gasteiger partial charge < -0.3 is 33.8 Å². The number of phosphoric ester groups is 2. The topological polar surface area (TPSA) is 237 Å². The van der Waals surface area contributed by atoms with Crippen molar-refractivity contribution in [1.29, 1.82) is 0 Å². The number of rotatable bonds is 71. The quantitative estimate of drug-likeness (QED) is 0.0222. The van der Waals surface area contributed by atoms with Crippen LogP contribution in [0.25, 0.3) is 0 Å². The van der Waals surface area contributed by atoms with Crippen molar-refractivity contribution in [1.82, 2.24) is 0 Å². The van der Waals surface area contributed by atoms with Crippen molar-refractivity contribution in [3.63, 3.8) is 0 Å². The average molecular weight is 1370 g/mol. The Balaban J connectivity index is 5.22. The lowest BCUT2D eigenvalue weighted by Crippen LogP contribution is -2.30. The maximum atomic E-state index is 13.0. The Morgan fingerprint density at radius 1 is 0.301 bits per heavy atom. The van der Waals surface area contributed by atoms with Crippen LogP contribution in [0.5, 0.6) is 0 Å². The minimum Gasteiger partial charge on any atom is -0.462 e. The van der Waals surface area contributed by atoms with E-state index in [4.69, 9.17) is 37.0 Å². The molecule has 3 unspecified atom stereocenters. The van der Waals surface area contributed by atoms with Crippen LogP contribution in [0, 0.1) is 23.7 Å². The highest BCUT2D eigenvalue weighted by molar-refractivity contribution is 7.47. The standard InChI is InChI=1S/C74H144O17P2/c1-9-67(8)53-45-37-28-22-14-12-10-11-13-15-24-30-40-48-56-73(78)91-70(61-85-72(77)55-47-39-33-32-36-44-52-66(6)7)63-89-93(82,83)87-59-68(75)58-86-92(80,81)88-62-69(90-74(79)57-49-41-31-25-19-17-21-27-35-43-51-65(4)5)60-84-71(76)54-46-38-29-23-18-16-20-26-34-42-50-64(2)3/h64-70,75H,9-63H2,1-8H3,(H,80,81)(H,82,83)/t67?,68-,69-,70-/m1/s1. The van der Waals surface area contributed by atoms with Crippen molar-refractivity contribution in [3.05, 3.63) is 0 Å². The molecule has 0 bridgehead atoms. The Kier molecular flexibility index (Phi) is 62.2. The molecule has 0 amide bonds. The summed E-state index contributed by atoms with van der Waals surface area (Å²) in [6.45, 7) is 14.1. The van der Waals surface area contributed by atoms with Gasteiger partial charge in [0.25, 0.3) is 0 Å². The lowest BCUT2D eigenvalue weighted by Gasteiger charge is -2.21. The van der Waals surface area contributed by atoms with Crippen molar-refractivity contribution in [2.24, 2.45) is 23.7 Å². The maximum Gasteiger partial charge on any atom is 0.472 e. The van der Waals surface area contributed by atoms with Crippen LogP contribution in [0.3, 0.4) is 0 Å². The summed E-state index contributed by atoms with van der Waals surface area (Å²) in [6, 6.07) is 0. The fraction of sp³-hybridized carbons (Fsp3) is 0.946. The number of carbonyl (C=O) groups excluding carboxylic acids is 4. The highest BCUT2D eigenvalue weighted by Gasteiger charge is 2.30. The van der Waals surface area contributed by atoms with Crippen LogP contribution in [0.2, 0.25) is 0 Å². The molecule has 6 atom stereocenters. The monoisotopic (exact) mass is 1370 g/mol. The highest BCUT2D eigenvalue weighted by atomic mass is 31.2. The van der Waals surface area contributed by atoms with Gasteiger partial charge in [0.2, 0.25) is 0 Å². The molecule has 0 radical (unpaired) electrons. The second-order valence-corrected chi connectivity index (χ2v) is 31.3. The highest BCUT2D eigenvalue weighted by Crippen LogP contribution is 2.45. The minimum absolute atomic E-state index is 0.105. The Morgan fingerprint density at radius 3 is 0.763 bits per heavy atom. The molecule has 0 heterocycles. The van der Waals surface area contributed by atoms with Crippen molar-refractivity contribution in [3.8, 4) is 0 Å². The lowest BCUT2D eigenvalue weighted by atomic mass is 9.99. The summed E-state index contributed by atoms with van der Waals surface area (Å²) in [4.78, 5) is 72.7. The third kappa shape index (κ3) is 67.0. The van der Waals surface area contributed by atoms with Gasteiger partial charge in [0.15, 0.2) is 12.2 Å². The number of esters is 4. The van der Waals surface area contributed by atoms with E-state index < -0.39 is 97.5 Å². The third-order valence-electron chi connectivity index (χ3n) is 17.4. The molecule has 19 heteroatoms. The van der Waals surface area contributed by atoms with Crippen molar-refractivity contribution < 1.29 is 80.2 Å². The SMILES string of the molecule is CCC(C)CCCCCCCCCCCCCCCCC(=O)O[C@H](COC(=O)CCCCCCCCC(C)C)COP(=O)(O)OC[C@H](O)COP(=O)(O)OC[C@@H](COC(=O)CCCCCCCCCCCCC(C)C)OC(=O)CCCCCCCCCCCCC(C)C. The smallest absolute Gasteiger partial charge is 0.462 e. The molecule has 3 N–H and O–H groups in total. The first-order chi connectivity index (χ1) is 44.6. The van der Waals surface area contributed by atoms with Gasteiger partial charge in [0.05, 0.1) is 26.4 Å². The van der Waals surface area contributed by atoms with E-state index in [-0.39, 0.29) is 25.7 Å². The first-order valence-corrected chi connectivity index (χ1v) is 41.2. The van der Waals surface area contributed by atoms with E-state index in [1.165, 1.54) is 167 Å². The van der Waals surface area contributed by atoms with Gasteiger partial charge in [0.1, 0.15) is 19.3 Å². The van der Waals surface area contributed by atoms with Crippen molar-refractivity contribution >= 4 is 39.5 Å². The average Bonchev–Trinajstić information content (AvgIpc) is 3.68. The van der Waals surface area contributed by atoms with Crippen LogP contribution in [0.15, 0.2) is 0 Å². The van der Waals surface area contributed by atoms with Crippen LogP contribution >= 0.6 is 15.6 Å². The summed E-state index contributed by atoms with van der Waals surface area (Å²) in [7, 11) is -9.91. The van der Waals surface area contributed by atoms with E-state index in [9.17, 15) is 43.2 Å². The largest absolute Gasteiger partial charge is 0.472 e. The summed E-state index contributed by atoms with van der Waals surface area (Å²) >= 11 is 0. The molecule has 0 fully saturated rings. The molecule has 17 nitrogen and oxygen atoms in total. The zero-order valence-corrected chi connectivity index (χ0v) is 62.7. The number of hydrogen-bond acceptors (Lipinski definition) is 15. The van der Waals surface area contributed by atoms with Gasteiger partial charge in [-0.1, -0.05) is 319 Å². The first kappa shape index (κ1) is 91.1. The van der Waals surface area contributed by atoms with Gasteiger partial charge >= 0.3 is 39.5 Å². The molecule has 0 aliphatic rings. The van der Waals surface area contributed by atoms with Crippen molar-refractivity contribution in [2.45, 2.75) is 388 Å². The molecular weight excluding hydrogens is 1220 g/mol. The zero-order chi connectivity index (χ0) is 68.9. The molecule has 0 aliphatic heterocycles. The van der Waals surface area contributed by atoms with Gasteiger partial charge in [-0.15, -0.1) is 0 Å². The minimum atomic E-state index is -4.95. The van der Waals surface area contributed by atoms with Gasteiger partial charge in [-0.3, -0.25) is 37.3 Å². The molecule has 0 aliphatic carbocycles. The zero-order valence-electron chi connectivity index (χ0n) is 60.9. The van der Waals surface area contributed by atoms with E-state index in [2.05, 4.69) is 55.4 Å². The molecule has 0 spiro atoms. The number of ether oxygens (including phenoxy) is 4. The van der Waals surface area contributed by atoms with Crippen LogP contribution in [0.1, 0.15) is 370 Å². The van der Waals surface area contributed by atoms with Gasteiger partial charge in [-0.25, -0.2) is 9.13 Å². The van der Waals surface area contributed by atoms with Crippen LogP contribution in [0.4, 0.5) is 0 Å². The summed E-state index contributed by atoms with van der Waals surface area (Å²) in [5, 5.41) is 10.6. The van der Waals surface area contributed by atoms with E-state index in [0.29, 0.717) is 31.6 Å². The summed E-state index contributed by atoms with van der Waals surface area (Å²) < 4.78 is 68.4. The Bertz CT molecular complexity index is 1840. The number of phosphoric acid groups is 2. The second kappa shape index (κ2) is 63.5. The molecule has 0 saturated heterocycles. The number of aliphatic hydroxyl groups excluding tert-OH is 1. The number of unbranched alkanes of at least 4 members (excludes halogenated alkanes) is 36. The van der Waals surface area contributed by atoms with Crippen LogP contribution in [-0.4, -0.2) is 96.7 Å². The van der Waals surface area contributed by atoms with Gasteiger partial charge in [-0.05, 0) is 49.4 Å². The normalized spacial score (nSPS) is 14.5. The maximum absolute atomic E-state index is 13.0. The summed E-state index contributed by atoms with van der Waals surface area (Å²) in [5.74, 6) is 0.910. The van der Waals surface area contributed by atoms with E-state index in [0.717, 1.165) is 114 Å². The lowest BCUT2D eigenvalue weighted by molar-refractivity contribution is -0.161. The predicted octanol–water partition coefficient (Wildman–Crippen LogP) is 21.3. The molecule has 552 valence electrons. The van der Waals surface area contributed by atoms with E-state index >= 15 is 0 Å². The Morgan fingerprint density at radius 2 is 0.516 bits per heavy atom. The van der Waals surface area contributed by atoms with Gasteiger partial charge in [0, 0.05) is 25.7 Å². The summed E-state index contributed by atoms with van der Waals surface area (Å²) in [6.07, 6.45) is 47.3. The molecular formula is C74H144O17P2. The van der Waals surface area contributed by atoms with Crippen LogP contribution < -0.4 is 0 Å². The van der Waals surface area contributed by atoms with Crippen molar-refractivity contribution in [2.75, 3.05) is 39.6 Å². The predicted molar refractivity (Wildman–Crippen MR) is 377 cm³/mol. The Labute approximate surface area is 568 Å². The number of carbonyl (C=O) groups is 4. The molecule has 0 aromatic heterocycles. The summed E-state index contributed by atoms with van der Waals surface area (Å²) in [5.41, 5.74) is 0. The molecule has 0 aromatic rings. The molecule has 0 aromatic carbocycles.